The Hall–Kier alpha value is -1.31. The SMILES string of the molecule is CC(C)(C)OC(=O)/N=C1\N[C@](C)(c2cccc(I)c2Cl)CC(=O)N1[C@H]1CCC(F)(F)[C@@H](O[Si](C)(C)C(C)(C)C)C1. The van der Waals surface area contributed by atoms with E-state index in [1.54, 1.807) is 20.8 Å². The van der Waals surface area contributed by atoms with E-state index >= 15 is 8.78 Å². The summed E-state index contributed by atoms with van der Waals surface area (Å²) in [6.07, 6.45) is -2.75. The highest BCUT2D eigenvalue weighted by Gasteiger charge is 2.53. The van der Waals surface area contributed by atoms with Gasteiger partial charge in [-0.15, -0.1) is 4.99 Å². The van der Waals surface area contributed by atoms with Crippen molar-refractivity contribution in [1.29, 1.82) is 0 Å². The molecule has 0 unspecified atom stereocenters. The number of nitrogens with zero attached hydrogens (tertiary/aromatic N) is 2. The Labute approximate surface area is 256 Å². The van der Waals surface area contributed by atoms with E-state index in [2.05, 4.69) is 32.9 Å². The van der Waals surface area contributed by atoms with Crippen molar-refractivity contribution in [3.8, 4) is 0 Å². The van der Waals surface area contributed by atoms with Crippen molar-refractivity contribution in [3.05, 3.63) is 32.4 Å². The lowest BCUT2D eigenvalue weighted by Crippen LogP contribution is -2.64. The molecule has 2 fully saturated rings. The number of aliphatic imine (C=N–C) groups is 1. The second kappa shape index (κ2) is 11.4. The number of rotatable bonds is 4. The molecule has 12 heteroatoms. The Bertz CT molecular complexity index is 1190. The van der Waals surface area contributed by atoms with Crippen LogP contribution in [0.15, 0.2) is 23.2 Å². The fourth-order valence-corrected chi connectivity index (χ4v) is 6.90. The van der Waals surface area contributed by atoms with Crippen LogP contribution in [-0.4, -0.2) is 54.8 Å². The fraction of sp³-hybridized carbons (Fsp3) is 0.679. The number of carbonyl (C=O) groups is 2. The monoisotopic (exact) mass is 711 g/mol. The molecule has 224 valence electrons. The Balaban J connectivity index is 2.02. The van der Waals surface area contributed by atoms with Crippen LogP contribution in [0.1, 0.15) is 79.7 Å². The minimum atomic E-state index is -3.04. The van der Waals surface area contributed by atoms with Crippen LogP contribution in [0.4, 0.5) is 13.6 Å². The second-order valence-electron chi connectivity index (χ2n) is 13.5. The standard InChI is InChI=1S/C28H41ClF2IN3O4Si/c1-25(2,3)38-24(37)33-23-34-27(7,18-11-10-12-19(32)22(18)29)16-21(36)35(23)17-13-14-28(30,31)20(15-17)39-40(8,9)26(4,5)6/h10-12,17,20H,13-16H2,1-9H3,(H,33,34,37)/t17-,20-,27-/m0/s1. The number of amides is 2. The third kappa shape index (κ3) is 7.36. The first-order chi connectivity index (χ1) is 18.1. The molecule has 0 radical (unpaired) electrons. The van der Waals surface area contributed by atoms with E-state index in [-0.39, 0.29) is 36.2 Å². The topological polar surface area (TPSA) is 80.2 Å². The van der Waals surface area contributed by atoms with E-state index in [0.29, 0.717) is 10.6 Å². The van der Waals surface area contributed by atoms with E-state index in [4.69, 9.17) is 20.8 Å². The quantitative estimate of drug-likeness (QED) is 0.254. The molecule has 1 saturated heterocycles. The predicted molar refractivity (Wildman–Crippen MR) is 164 cm³/mol. The molecule has 0 spiro atoms. The molecule has 3 rings (SSSR count). The van der Waals surface area contributed by atoms with E-state index in [9.17, 15) is 9.59 Å². The Morgan fingerprint density at radius 3 is 2.42 bits per heavy atom. The molecule has 1 aromatic rings. The number of hydrogen-bond donors (Lipinski definition) is 1. The summed E-state index contributed by atoms with van der Waals surface area (Å²) in [4.78, 5) is 32.2. The number of carbonyl (C=O) groups excluding carboxylic acids is 2. The van der Waals surface area contributed by atoms with E-state index in [1.807, 2.05) is 59.0 Å². The highest BCUT2D eigenvalue weighted by Crippen LogP contribution is 2.45. The molecule has 1 heterocycles. The average molecular weight is 712 g/mol. The molecule has 1 aromatic carbocycles. The van der Waals surface area contributed by atoms with Gasteiger partial charge in [0.2, 0.25) is 11.9 Å². The van der Waals surface area contributed by atoms with Gasteiger partial charge in [-0.1, -0.05) is 44.5 Å². The van der Waals surface area contributed by atoms with Crippen molar-refractivity contribution >= 4 is 60.5 Å². The van der Waals surface area contributed by atoms with Crippen LogP contribution in [0, 0.1) is 3.57 Å². The summed E-state index contributed by atoms with van der Waals surface area (Å²) >= 11 is 8.76. The molecule has 2 amide bonds. The predicted octanol–water partition coefficient (Wildman–Crippen LogP) is 7.85. The molecule has 1 aliphatic heterocycles. The molecule has 0 aromatic heterocycles. The minimum Gasteiger partial charge on any atom is -0.442 e. The van der Waals surface area contributed by atoms with E-state index < -0.39 is 50.0 Å². The lowest BCUT2D eigenvalue weighted by molar-refractivity contribution is -0.148. The van der Waals surface area contributed by atoms with Crippen molar-refractivity contribution < 1.29 is 27.5 Å². The van der Waals surface area contributed by atoms with Crippen LogP contribution < -0.4 is 5.32 Å². The second-order valence-corrected chi connectivity index (χ2v) is 19.8. The van der Waals surface area contributed by atoms with Crippen molar-refractivity contribution in [1.82, 2.24) is 10.2 Å². The summed E-state index contributed by atoms with van der Waals surface area (Å²) in [5.41, 5.74) is -1.15. The average Bonchev–Trinajstić information content (AvgIpc) is 2.75. The summed E-state index contributed by atoms with van der Waals surface area (Å²) in [6, 6.07) is 4.86. The molecule has 1 saturated carbocycles. The summed E-state index contributed by atoms with van der Waals surface area (Å²) in [5, 5.41) is 3.48. The van der Waals surface area contributed by atoms with E-state index in [1.165, 1.54) is 4.90 Å². The highest BCUT2D eigenvalue weighted by atomic mass is 127. The zero-order chi connectivity index (χ0) is 30.5. The van der Waals surface area contributed by atoms with Gasteiger partial charge in [-0.25, -0.2) is 13.6 Å². The molecule has 2 aliphatic rings. The Kier molecular flexibility index (Phi) is 9.46. The van der Waals surface area contributed by atoms with Crippen molar-refractivity contribution in [3.63, 3.8) is 0 Å². The van der Waals surface area contributed by atoms with Gasteiger partial charge in [0.25, 0.3) is 5.92 Å². The normalized spacial score (nSPS) is 27.0. The maximum Gasteiger partial charge on any atom is 0.437 e. The Morgan fingerprint density at radius 1 is 1.23 bits per heavy atom. The van der Waals surface area contributed by atoms with Gasteiger partial charge in [-0.05, 0) is 92.9 Å². The Morgan fingerprint density at radius 2 is 1.85 bits per heavy atom. The number of halogens is 4. The zero-order valence-corrected chi connectivity index (χ0v) is 28.7. The molecule has 3 atom stereocenters. The van der Waals surface area contributed by atoms with Crippen LogP contribution in [0.2, 0.25) is 23.2 Å². The molecule has 40 heavy (non-hydrogen) atoms. The van der Waals surface area contributed by atoms with Crippen LogP contribution in [0.5, 0.6) is 0 Å². The van der Waals surface area contributed by atoms with Crippen molar-refractivity contribution in [2.45, 2.75) is 121 Å². The maximum absolute atomic E-state index is 15.2. The van der Waals surface area contributed by atoms with Gasteiger partial charge in [-0.3, -0.25) is 9.69 Å². The number of nitrogens with one attached hydrogen (secondary N) is 1. The smallest absolute Gasteiger partial charge is 0.437 e. The number of ether oxygens (including phenoxy) is 1. The largest absolute Gasteiger partial charge is 0.442 e. The van der Waals surface area contributed by atoms with Crippen molar-refractivity contribution in [2.75, 3.05) is 0 Å². The lowest BCUT2D eigenvalue weighted by atomic mass is 9.84. The maximum atomic E-state index is 15.2. The van der Waals surface area contributed by atoms with Gasteiger partial charge in [0, 0.05) is 16.0 Å². The summed E-state index contributed by atoms with van der Waals surface area (Å²) < 4.78 is 42.8. The molecular weight excluding hydrogens is 671 g/mol. The summed E-state index contributed by atoms with van der Waals surface area (Å²) in [7, 11) is -2.54. The molecular formula is C28H41ClF2IN3O4Si. The number of guanidine groups is 1. The lowest BCUT2D eigenvalue weighted by Gasteiger charge is -2.49. The summed E-state index contributed by atoms with van der Waals surface area (Å²) in [5.74, 6) is -3.42. The van der Waals surface area contributed by atoms with Gasteiger partial charge in [0.1, 0.15) is 11.7 Å². The fourth-order valence-electron chi connectivity index (χ4n) is 4.74. The number of hydrogen-bond acceptors (Lipinski definition) is 4. The van der Waals surface area contributed by atoms with Crippen LogP contribution in [0.3, 0.4) is 0 Å². The number of alkyl halides is 2. The van der Waals surface area contributed by atoms with Crippen LogP contribution in [0.25, 0.3) is 0 Å². The van der Waals surface area contributed by atoms with Gasteiger partial charge < -0.3 is 14.5 Å². The molecule has 7 nitrogen and oxygen atoms in total. The third-order valence-corrected chi connectivity index (χ3v) is 14.0. The van der Waals surface area contributed by atoms with Gasteiger partial charge in [0.15, 0.2) is 8.32 Å². The molecule has 1 aliphatic carbocycles. The summed E-state index contributed by atoms with van der Waals surface area (Å²) in [6.45, 7) is 16.8. The molecule has 0 bridgehead atoms. The zero-order valence-electron chi connectivity index (χ0n) is 24.8. The first-order valence-corrected chi connectivity index (χ1v) is 17.8. The first-order valence-electron chi connectivity index (χ1n) is 13.5. The van der Waals surface area contributed by atoms with Gasteiger partial charge in [0.05, 0.1) is 17.0 Å². The number of benzene rings is 1. The minimum absolute atomic E-state index is 0.0131. The van der Waals surface area contributed by atoms with Crippen LogP contribution in [-0.2, 0) is 19.5 Å². The van der Waals surface area contributed by atoms with Crippen molar-refractivity contribution in [2.24, 2.45) is 4.99 Å². The highest BCUT2D eigenvalue weighted by molar-refractivity contribution is 14.1. The van der Waals surface area contributed by atoms with Gasteiger partial charge >= 0.3 is 6.09 Å². The van der Waals surface area contributed by atoms with Gasteiger partial charge in [-0.2, -0.15) is 0 Å². The third-order valence-electron chi connectivity index (χ3n) is 7.90. The molecule has 1 N–H and O–H groups in total. The first kappa shape index (κ1) is 33.2. The van der Waals surface area contributed by atoms with Crippen LogP contribution >= 0.6 is 34.2 Å². The van der Waals surface area contributed by atoms with E-state index in [0.717, 1.165) is 3.57 Å².